The summed E-state index contributed by atoms with van der Waals surface area (Å²) in [6.45, 7) is 4.25. The van der Waals surface area contributed by atoms with E-state index in [1.807, 2.05) is 6.07 Å². The minimum absolute atomic E-state index is 0.0148. The Morgan fingerprint density at radius 2 is 1.83 bits per heavy atom. The molecular weight excluding hydrogens is 600 g/mol. The summed E-state index contributed by atoms with van der Waals surface area (Å²) in [5, 5.41) is 10.2. The molecule has 2 heterocycles. The molecule has 8 rings (SSSR count). The number of piperidine rings is 1. The Labute approximate surface area is 286 Å². The number of benzene rings is 2. The summed E-state index contributed by atoms with van der Waals surface area (Å²) >= 11 is 0. The van der Waals surface area contributed by atoms with E-state index in [0.717, 1.165) is 83.2 Å². The number of carbonyl (C=O) groups is 2. The molecule has 3 saturated carbocycles. The summed E-state index contributed by atoms with van der Waals surface area (Å²) in [6.07, 6.45) is 15.6. The third-order valence-electron chi connectivity index (χ3n) is 13.1. The second-order valence-corrected chi connectivity index (χ2v) is 16.0. The van der Waals surface area contributed by atoms with Crippen molar-refractivity contribution in [1.29, 1.82) is 0 Å². The van der Waals surface area contributed by atoms with Crippen LogP contribution < -0.4 is 9.47 Å². The number of aliphatic hydroxyl groups is 1. The first-order chi connectivity index (χ1) is 23.4. The van der Waals surface area contributed by atoms with Gasteiger partial charge in [0.1, 0.15) is 6.10 Å². The number of hydrogen-bond donors (Lipinski definition) is 1. The van der Waals surface area contributed by atoms with Gasteiger partial charge in [0, 0.05) is 49.4 Å². The Morgan fingerprint density at radius 1 is 1.02 bits per heavy atom. The molecule has 1 spiro atoms. The van der Waals surface area contributed by atoms with Gasteiger partial charge in [-0.25, -0.2) is 0 Å². The molecule has 1 amide bonds. The predicted molar refractivity (Wildman–Crippen MR) is 185 cm³/mol. The van der Waals surface area contributed by atoms with Crippen LogP contribution >= 0.6 is 0 Å². The van der Waals surface area contributed by atoms with E-state index in [0.29, 0.717) is 41.9 Å². The average Bonchev–Trinajstić information content (AvgIpc) is 3.67. The second kappa shape index (κ2) is 13.4. The van der Waals surface area contributed by atoms with Gasteiger partial charge in [-0.1, -0.05) is 62.1 Å². The lowest BCUT2D eigenvalue weighted by Gasteiger charge is -2.60. The minimum atomic E-state index is -0.330. The average molecular weight is 655 g/mol. The van der Waals surface area contributed by atoms with E-state index in [-0.39, 0.29) is 29.6 Å². The Hall–Kier alpha value is -2.90. The highest BCUT2D eigenvalue weighted by Gasteiger charge is 2.67. The second-order valence-electron chi connectivity index (χ2n) is 16.0. The minimum Gasteiger partial charge on any atom is -0.483 e. The molecule has 7 heteroatoms. The lowest BCUT2D eigenvalue weighted by atomic mass is 9.51. The molecular formula is C41H54N2O5. The summed E-state index contributed by atoms with van der Waals surface area (Å²) in [4.78, 5) is 31.6. The molecule has 2 aliphatic heterocycles. The van der Waals surface area contributed by atoms with Crippen molar-refractivity contribution in [3.63, 3.8) is 0 Å². The van der Waals surface area contributed by atoms with Gasteiger partial charge in [0.25, 0.3) is 0 Å². The molecule has 2 aromatic carbocycles. The summed E-state index contributed by atoms with van der Waals surface area (Å²) < 4.78 is 12.9. The van der Waals surface area contributed by atoms with Crippen LogP contribution in [-0.2, 0) is 27.8 Å². The van der Waals surface area contributed by atoms with Gasteiger partial charge in [0.05, 0.1) is 12.1 Å². The molecule has 4 fully saturated rings. The highest BCUT2D eigenvalue weighted by molar-refractivity contribution is 5.77. The maximum absolute atomic E-state index is 14.4. The maximum Gasteiger partial charge on any atom is 0.308 e. The van der Waals surface area contributed by atoms with E-state index in [9.17, 15) is 14.7 Å². The van der Waals surface area contributed by atoms with Crippen molar-refractivity contribution in [2.24, 2.45) is 17.8 Å². The molecule has 6 aliphatic rings. The molecule has 0 radical (unpaired) electrons. The predicted octanol–water partition coefficient (Wildman–Crippen LogP) is 6.61. The summed E-state index contributed by atoms with van der Waals surface area (Å²) in [5.74, 6) is 2.64. The van der Waals surface area contributed by atoms with Crippen LogP contribution in [0.15, 0.2) is 42.5 Å². The fourth-order valence-corrected chi connectivity index (χ4v) is 10.7. The summed E-state index contributed by atoms with van der Waals surface area (Å²) in [7, 11) is 0. The third kappa shape index (κ3) is 5.97. The highest BCUT2D eigenvalue weighted by Crippen LogP contribution is 2.64. The zero-order valence-corrected chi connectivity index (χ0v) is 28.8. The van der Waals surface area contributed by atoms with Gasteiger partial charge in [0.2, 0.25) is 5.91 Å². The van der Waals surface area contributed by atoms with Crippen LogP contribution in [-0.4, -0.2) is 70.7 Å². The molecule has 48 heavy (non-hydrogen) atoms. The molecule has 1 saturated heterocycles. The largest absolute Gasteiger partial charge is 0.483 e. The first kappa shape index (κ1) is 32.3. The first-order valence-corrected chi connectivity index (χ1v) is 19.2. The van der Waals surface area contributed by atoms with Crippen LogP contribution in [0.3, 0.4) is 0 Å². The number of esters is 1. The number of amides is 1. The molecule has 4 aliphatic carbocycles. The molecule has 7 atom stereocenters. The number of hydrogen-bond acceptors (Lipinski definition) is 6. The highest BCUT2D eigenvalue weighted by atomic mass is 16.6. The molecule has 258 valence electrons. The standard InChI is InChI=1S/C41H54N2O5/c1-27(44)47-36-20-17-30-23-34-32-18-19-33(40-41(32,38(30)39(36)48-40)21-22-42(34)26-31-24-35(31)45)43(25-29-14-8-3-9-15-29)37(46)16-10-4-7-13-28-11-5-2-6-12-28/h2,5-6,11-12,17,20,29,31-35,40,45H,3-4,7-10,13-16,18-19,21-26H2,1H3/t31?,32-,33-,34+,35?,40-,41-/m0/s1. The Morgan fingerprint density at radius 3 is 2.60 bits per heavy atom. The molecule has 1 N–H and O–H groups in total. The van der Waals surface area contributed by atoms with Crippen molar-refractivity contribution in [2.45, 2.75) is 133 Å². The Kier molecular flexibility index (Phi) is 9.04. The number of unbranched alkanes of at least 4 members (excludes halogenated alkanes) is 2. The monoisotopic (exact) mass is 654 g/mol. The van der Waals surface area contributed by atoms with Crippen molar-refractivity contribution in [3.05, 3.63) is 59.2 Å². The number of aryl methyl sites for hydroxylation is 1. The zero-order chi connectivity index (χ0) is 32.8. The summed E-state index contributed by atoms with van der Waals surface area (Å²) in [5.41, 5.74) is 3.77. The van der Waals surface area contributed by atoms with Crippen LogP contribution in [0.2, 0.25) is 0 Å². The van der Waals surface area contributed by atoms with Crippen molar-refractivity contribution in [3.8, 4) is 11.5 Å². The Bertz CT molecular complexity index is 1490. The fraction of sp³-hybridized carbons (Fsp3) is 0.659. The third-order valence-corrected chi connectivity index (χ3v) is 13.1. The van der Waals surface area contributed by atoms with Crippen molar-refractivity contribution in [1.82, 2.24) is 9.80 Å². The first-order valence-electron chi connectivity index (χ1n) is 19.2. The van der Waals surface area contributed by atoms with E-state index in [1.165, 1.54) is 55.7 Å². The van der Waals surface area contributed by atoms with E-state index < -0.39 is 0 Å². The molecule has 2 aromatic rings. The van der Waals surface area contributed by atoms with Gasteiger partial charge in [-0.3, -0.25) is 14.5 Å². The van der Waals surface area contributed by atoms with Crippen LogP contribution in [0.5, 0.6) is 11.5 Å². The van der Waals surface area contributed by atoms with Gasteiger partial charge in [-0.05, 0) is 99.8 Å². The van der Waals surface area contributed by atoms with Gasteiger partial charge < -0.3 is 19.5 Å². The molecule has 2 unspecified atom stereocenters. The fourth-order valence-electron chi connectivity index (χ4n) is 10.7. The van der Waals surface area contributed by atoms with Crippen molar-refractivity contribution < 1.29 is 24.2 Å². The topological polar surface area (TPSA) is 79.3 Å². The lowest BCUT2D eigenvalue weighted by Crippen LogP contribution is -2.69. The lowest BCUT2D eigenvalue weighted by molar-refractivity contribution is -0.144. The van der Waals surface area contributed by atoms with Crippen LogP contribution in [0.25, 0.3) is 0 Å². The van der Waals surface area contributed by atoms with E-state index >= 15 is 0 Å². The number of likely N-dealkylation sites (tertiary alicyclic amines) is 1. The van der Waals surface area contributed by atoms with E-state index in [2.05, 4.69) is 46.2 Å². The number of rotatable bonds is 12. The summed E-state index contributed by atoms with van der Waals surface area (Å²) in [6, 6.07) is 15.2. The number of aliphatic hydroxyl groups excluding tert-OH is 1. The maximum atomic E-state index is 14.4. The Balaban J connectivity index is 1.07. The van der Waals surface area contributed by atoms with Gasteiger partial charge in [-0.2, -0.15) is 0 Å². The smallest absolute Gasteiger partial charge is 0.308 e. The number of carbonyl (C=O) groups excluding carboxylic acids is 2. The van der Waals surface area contributed by atoms with Crippen LogP contribution in [0.1, 0.15) is 107 Å². The van der Waals surface area contributed by atoms with Gasteiger partial charge in [0.15, 0.2) is 11.5 Å². The van der Waals surface area contributed by atoms with Gasteiger partial charge in [-0.15, -0.1) is 0 Å². The number of ether oxygens (including phenoxy) is 2. The van der Waals surface area contributed by atoms with E-state index in [1.54, 1.807) is 0 Å². The zero-order valence-electron chi connectivity index (χ0n) is 28.8. The van der Waals surface area contributed by atoms with Crippen LogP contribution in [0.4, 0.5) is 0 Å². The quantitative estimate of drug-likeness (QED) is 0.158. The normalized spacial score (nSPS) is 31.9. The number of nitrogens with zero attached hydrogens (tertiary/aromatic N) is 2. The van der Waals surface area contributed by atoms with Gasteiger partial charge >= 0.3 is 5.97 Å². The van der Waals surface area contributed by atoms with Crippen LogP contribution in [0, 0.1) is 17.8 Å². The van der Waals surface area contributed by atoms with Crippen molar-refractivity contribution in [2.75, 3.05) is 19.6 Å². The SMILES string of the molecule is CC(=O)Oc1ccc2c3c1O[C@H]1[C@@H](N(CC4CCCCC4)C(=O)CCCCCc4ccccc4)CC[C@H]4[C@@H](C2)N(CC2CC2O)CC[C@@]341. The van der Waals surface area contributed by atoms with E-state index in [4.69, 9.17) is 9.47 Å². The molecule has 7 nitrogen and oxygen atoms in total. The van der Waals surface area contributed by atoms with Crippen molar-refractivity contribution >= 4 is 11.9 Å². The molecule has 0 aromatic heterocycles. The molecule has 2 bridgehead atoms.